The van der Waals surface area contributed by atoms with E-state index in [1.165, 1.54) is 6.08 Å². The Hall–Kier alpha value is -2.36. The van der Waals surface area contributed by atoms with Crippen molar-refractivity contribution in [2.75, 3.05) is 10.6 Å². The number of benzene rings is 1. The van der Waals surface area contributed by atoms with Crippen LogP contribution in [0, 0.1) is 6.92 Å². The average Bonchev–Trinajstić information content (AvgIpc) is 2.42. The van der Waals surface area contributed by atoms with E-state index >= 15 is 0 Å². The first-order chi connectivity index (χ1) is 9.56. The minimum atomic E-state index is -0.204. The van der Waals surface area contributed by atoms with Crippen LogP contribution in [-0.2, 0) is 9.59 Å². The predicted octanol–water partition coefficient (Wildman–Crippen LogP) is 3.41. The van der Waals surface area contributed by atoms with Crippen LogP contribution >= 0.6 is 0 Å². The average molecular weight is 272 g/mol. The molecule has 4 heteroatoms. The molecule has 2 amide bonds. The van der Waals surface area contributed by atoms with Gasteiger partial charge < -0.3 is 10.6 Å². The summed E-state index contributed by atoms with van der Waals surface area (Å²) in [6.45, 7) is 5.57. The fourth-order valence-corrected chi connectivity index (χ4v) is 1.51. The van der Waals surface area contributed by atoms with Gasteiger partial charge in [0.25, 0.3) is 0 Å². The molecule has 4 nitrogen and oxygen atoms in total. The molecule has 0 heterocycles. The second-order valence-electron chi connectivity index (χ2n) is 4.31. The standard InChI is InChI=1S/C16H20N2O2/c1-4-6-7-8-16(20)18-14-11-13(10-9-12(14)3)17-15(19)5-2/h4,6-11H,5H2,1-3H3,(H,17,19)(H,18,20). The lowest BCUT2D eigenvalue weighted by Crippen LogP contribution is -2.12. The van der Waals surface area contributed by atoms with E-state index < -0.39 is 0 Å². The molecule has 1 rings (SSSR count). The van der Waals surface area contributed by atoms with Crippen LogP contribution in [0.15, 0.2) is 42.5 Å². The van der Waals surface area contributed by atoms with Gasteiger partial charge in [0.2, 0.25) is 11.8 Å². The van der Waals surface area contributed by atoms with Crippen molar-refractivity contribution in [2.45, 2.75) is 27.2 Å². The molecule has 0 saturated heterocycles. The molecule has 0 atom stereocenters. The molecule has 0 aromatic heterocycles. The van der Waals surface area contributed by atoms with Crippen molar-refractivity contribution in [1.29, 1.82) is 0 Å². The Morgan fingerprint density at radius 1 is 1.20 bits per heavy atom. The van der Waals surface area contributed by atoms with Crippen LogP contribution in [0.25, 0.3) is 0 Å². The largest absolute Gasteiger partial charge is 0.326 e. The van der Waals surface area contributed by atoms with E-state index in [1.54, 1.807) is 25.1 Å². The molecule has 0 unspecified atom stereocenters. The number of hydrogen-bond donors (Lipinski definition) is 2. The smallest absolute Gasteiger partial charge is 0.248 e. The van der Waals surface area contributed by atoms with Gasteiger partial charge in [0.1, 0.15) is 0 Å². The first-order valence-electron chi connectivity index (χ1n) is 6.57. The van der Waals surface area contributed by atoms with Crippen LogP contribution in [0.3, 0.4) is 0 Å². The number of nitrogens with one attached hydrogen (secondary N) is 2. The van der Waals surface area contributed by atoms with E-state index in [9.17, 15) is 9.59 Å². The predicted molar refractivity (Wildman–Crippen MR) is 82.7 cm³/mol. The highest BCUT2D eigenvalue weighted by molar-refractivity contribution is 6.00. The van der Waals surface area contributed by atoms with Crippen molar-refractivity contribution >= 4 is 23.2 Å². The maximum absolute atomic E-state index is 11.7. The zero-order chi connectivity index (χ0) is 15.0. The van der Waals surface area contributed by atoms with Crippen molar-refractivity contribution in [3.05, 3.63) is 48.1 Å². The van der Waals surface area contributed by atoms with Gasteiger partial charge in [-0.3, -0.25) is 9.59 Å². The SMILES string of the molecule is CC=CC=CC(=O)Nc1cc(NC(=O)CC)ccc1C. The summed E-state index contributed by atoms with van der Waals surface area (Å²) in [7, 11) is 0. The topological polar surface area (TPSA) is 58.2 Å². The normalized spacial score (nSPS) is 10.9. The monoisotopic (exact) mass is 272 g/mol. The fraction of sp³-hybridized carbons (Fsp3) is 0.250. The van der Waals surface area contributed by atoms with Crippen LogP contribution in [0.2, 0.25) is 0 Å². The highest BCUT2D eigenvalue weighted by Gasteiger charge is 2.05. The molecule has 2 N–H and O–H groups in total. The van der Waals surface area contributed by atoms with Crippen molar-refractivity contribution in [2.24, 2.45) is 0 Å². The Balaban J connectivity index is 2.81. The number of aryl methyl sites for hydroxylation is 1. The number of carbonyl (C=O) groups excluding carboxylic acids is 2. The number of carbonyl (C=O) groups is 2. The Bertz CT molecular complexity index is 545. The van der Waals surface area contributed by atoms with Gasteiger partial charge in [0.05, 0.1) is 0 Å². The van der Waals surface area contributed by atoms with Crippen molar-refractivity contribution in [3.63, 3.8) is 0 Å². The van der Waals surface area contributed by atoms with E-state index in [4.69, 9.17) is 0 Å². The summed E-state index contributed by atoms with van der Waals surface area (Å²) in [5.74, 6) is -0.260. The van der Waals surface area contributed by atoms with E-state index in [-0.39, 0.29) is 11.8 Å². The Morgan fingerprint density at radius 3 is 2.60 bits per heavy atom. The summed E-state index contributed by atoms with van der Waals surface area (Å²) in [6, 6.07) is 5.43. The highest BCUT2D eigenvalue weighted by atomic mass is 16.2. The van der Waals surface area contributed by atoms with E-state index in [0.717, 1.165) is 5.56 Å². The van der Waals surface area contributed by atoms with E-state index in [2.05, 4.69) is 10.6 Å². The maximum atomic E-state index is 11.7. The van der Waals surface area contributed by atoms with Crippen molar-refractivity contribution in [3.8, 4) is 0 Å². The fourth-order valence-electron chi connectivity index (χ4n) is 1.51. The van der Waals surface area contributed by atoms with Crippen LogP contribution in [0.5, 0.6) is 0 Å². The maximum Gasteiger partial charge on any atom is 0.248 e. The molecule has 0 radical (unpaired) electrons. The zero-order valence-corrected chi connectivity index (χ0v) is 12.1. The molecule has 0 aliphatic heterocycles. The molecule has 1 aromatic rings. The lowest BCUT2D eigenvalue weighted by molar-refractivity contribution is -0.116. The summed E-state index contributed by atoms with van der Waals surface area (Å²) in [6.07, 6.45) is 7.17. The van der Waals surface area contributed by atoms with Crippen LogP contribution in [-0.4, -0.2) is 11.8 Å². The third-order valence-corrected chi connectivity index (χ3v) is 2.65. The lowest BCUT2D eigenvalue weighted by Gasteiger charge is -2.10. The third kappa shape index (κ3) is 5.10. The van der Waals surface area contributed by atoms with E-state index in [0.29, 0.717) is 17.8 Å². The van der Waals surface area contributed by atoms with Gasteiger partial charge in [-0.25, -0.2) is 0 Å². The Kier molecular flexibility index (Phi) is 6.23. The zero-order valence-electron chi connectivity index (χ0n) is 12.1. The van der Waals surface area contributed by atoms with E-state index in [1.807, 2.05) is 32.1 Å². The molecule has 0 fully saturated rings. The summed E-state index contributed by atoms with van der Waals surface area (Å²) in [5.41, 5.74) is 2.30. The van der Waals surface area contributed by atoms with Crippen LogP contribution in [0.1, 0.15) is 25.8 Å². The van der Waals surface area contributed by atoms with Crippen LogP contribution < -0.4 is 10.6 Å². The van der Waals surface area contributed by atoms with Gasteiger partial charge in [-0.2, -0.15) is 0 Å². The molecule has 0 spiro atoms. The molecular formula is C16H20N2O2. The molecule has 0 aliphatic carbocycles. The summed E-state index contributed by atoms with van der Waals surface area (Å²) >= 11 is 0. The Labute approximate surface area is 119 Å². The summed E-state index contributed by atoms with van der Waals surface area (Å²) in [4.78, 5) is 23.1. The quantitative estimate of drug-likeness (QED) is 0.637. The Morgan fingerprint density at radius 2 is 1.95 bits per heavy atom. The minimum absolute atomic E-state index is 0.0564. The molecule has 0 aliphatic rings. The first kappa shape index (κ1) is 15.7. The molecular weight excluding hydrogens is 252 g/mol. The molecule has 0 bridgehead atoms. The highest BCUT2D eigenvalue weighted by Crippen LogP contribution is 2.20. The number of anilines is 2. The second kappa shape index (κ2) is 7.94. The number of rotatable bonds is 5. The third-order valence-electron chi connectivity index (χ3n) is 2.65. The molecule has 106 valence electrons. The van der Waals surface area contributed by atoms with Gasteiger partial charge in [-0.15, -0.1) is 0 Å². The van der Waals surface area contributed by atoms with Crippen molar-refractivity contribution < 1.29 is 9.59 Å². The van der Waals surface area contributed by atoms with Gasteiger partial charge in [0, 0.05) is 23.9 Å². The number of hydrogen-bond acceptors (Lipinski definition) is 2. The minimum Gasteiger partial charge on any atom is -0.326 e. The lowest BCUT2D eigenvalue weighted by atomic mass is 10.1. The molecule has 1 aromatic carbocycles. The van der Waals surface area contributed by atoms with Crippen molar-refractivity contribution in [1.82, 2.24) is 0 Å². The second-order valence-corrected chi connectivity index (χ2v) is 4.31. The van der Waals surface area contributed by atoms with Crippen LogP contribution in [0.4, 0.5) is 11.4 Å². The number of amides is 2. The number of allylic oxidation sites excluding steroid dienone is 3. The summed E-state index contributed by atoms with van der Waals surface area (Å²) < 4.78 is 0. The van der Waals surface area contributed by atoms with Gasteiger partial charge in [-0.1, -0.05) is 31.2 Å². The van der Waals surface area contributed by atoms with Gasteiger partial charge in [0.15, 0.2) is 0 Å². The molecule has 0 saturated carbocycles. The first-order valence-corrected chi connectivity index (χ1v) is 6.57. The molecule has 20 heavy (non-hydrogen) atoms. The van der Waals surface area contributed by atoms with Gasteiger partial charge in [-0.05, 0) is 31.5 Å². The summed E-state index contributed by atoms with van der Waals surface area (Å²) in [5, 5.41) is 5.56. The van der Waals surface area contributed by atoms with Gasteiger partial charge >= 0.3 is 0 Å².